The highest BCUT2D eigenvalue weighted by molar-refractivity contribution is 5.88. The molecule has 1 heterocycles. The van der Waals surface area contributed by atoms with E-state index in [4.69, 9.17) is 4.98 Å². The van der Waals surface area contributed by atoms with Crippen molar-refractivity contribution in [3.63, 3.8) is 0 Å². The number of methoxy groups -OCH3 is 1. The van der Waals surface area contributed by atoms with Gasteiger partial charge in [-0.15, -0.1) is 0 Å². The number of hydrogen-bond acceptors (Lipinski definition) is 4. The predicted octanol–water partition coefficient (Wildman–Crippen LogP) is 3.95. The molecule has 2 rings (SSSR count). The van der Waals surface area contributed by atoms with Crippen LogP contribution in [0.5, 0.6) is 0 Å². The molecule has 5 heteroatoms. The lowest BCUT2D eigenvalue weighted by atomic mass is 10.2. The highest BCUT2D eigenvalue weighted by Gasteiger charge is 2.11. The molecular formula is C21H31N3O2. The summed E-state index contributed by atoms with van der Waals surface area (Å²) in [4.78, 5) is 16.2. The Morgan fingerprint density at radius 1 is 1.35 bits per heavy atom. The van der Waals surface area contributed by atoms with Gasteiger partial charge in [-0.05, 0) is 30.2 Å². The monoisotopic (exact) mass is 357 g/mol. The van der Waals surface area contributed by atoms with Gasteiger partial charge in [0.1, 0.15) is 5.82 Å². The SMILES string of the molecule is CCCCCc1nc2cc(/C=C/C(=O)OC)ccc2n1CCNC(C)C. The molecule has 1 aromatic carbocycles. The quantitative estimate of drug-likeness (QED) is 0.397. The Labute approximate surface area is 156 Å². The van der Waals surface area contributed by atoms with Crippen molar-refractivity contribution in [1.29, 1.82) is 0 Å². The summed E-state index contributed by atoms with van der Waals surface area (Å²) in [6, 6.07) is 6.62. The van der Waals surface area contributed by atoms with Gasteiger partial charge in [0.05, 0.1) is 18.1 Å². The minimum atomic E-state index is -0.351. The number of unbranched alkanes of at least 4 members (excludes halogenated alkanes) is 2. The van der Waals surface area contributed by atoms with Crippen LogP contribution < -0.4 is 5.32 Å². The van der Waals surface area contributed by atoms with Crippen LogP contribution in [0.4, 0.5) is 0 Å². The number of nitrogens with one attached hydrogen (secondary N) is 1. The number of fused-ring (bicyclic) bond motifs is 1. The highest BCUT2D eigenvalue weighted by atomic mass is 16.5. The number of carbonyl (C=O) groups is 1. The lowest BCUT2D eigenvalue weighted by molar-refractivity contribution is -0.134. The van der Waals surface area contributed by atoms with E-state index in [-0.39, 0.29) is 5.97 Å². The van der Waals surface area contributed by atoms with Crippen LogP contribution in [0.15, 0.2) is 24.3 Å². The second-order valence-corrected chi connectivity index (χ2v) is 6.85. The summed E-state index contributed by atoms with van der Waals surface area (Å²) >= 11 is 0. The van der Waals surface area contributed by atoms with E-state index >= 15 is 0 Å². The number of rotatable bonds is 10. The molecule has 0 fully saturated rings. The van der Waals surface area contributed by atoms with Gasteiger partial charge in [-0.1, -0.05) is 39.7 Å². The third-order valence-electron chi connectivity index (χ3n) is 4.36. The average molecular weight is 357 g/mol. The topological polar surface area (TPSA) is 56.1 Å². The molecule has 1 N–H and O–H groups in total. The van der Waals surface area contributed by atoms with Gasteiger partial charge in [-0.3, -0.25) is 0 Å². The fraction of sp³-hybridized carbons (Fsp3) is 0.524. The van der Waals surface area contributed by atoms with E-state index in [9.17, 15) is 4.79 Å². The molecule has 142 valence electrons. The number of esters is 1. The molecule has 0 bridgehead atoms. The number of imidazole rings is 1. The molecule has 0 saturated heterocycles. The zero-order valence-corrected chi connectivity index (χ0v) is 16.4. The first kappa shape index (κ1) is 20.2. The minimum absolute atomic E-state index is 0.351. The Balaban J connectivity index is 2.27. The van der Waals surface area contributed by atoms with Crippen molar-refractivity contribution in [3.05, 3.63) is 35.7 Å². The van der Waals surface area contributed by atoms with E-state index in [2.05, 4.69) is 41.5 Å². The zero-order valence-electron chi connectivity index (χ0n) is 16.4. The fourth-order valence-corrected chi connectivity index (χ4v) is 2.97. The maximum absolute atomic E-state index is 11.3. The van der Waals surface area contributed by atoms with Crippen molar-refractivity contribution < 1.29 is 9.53 Å². The number of aryl methyl sites for hydroxylation is 1. The molecule has 0 amide bonds. The van der Waals surface area contributed by atoms with Gasteiger partial charge in [0.2, 0.25) is 0 Å². The van der Waals surface area contributed by atoms with Crippen LogP contribution in [0.1, 0.15) is 51.4 Å². The maximum Gasteiger partial charge on any atom is 0.330 e. The summed E-state index contributed by atoms with van der Waals surface area (Å²) in [5.74, 6) is 0.795. The van der Waals surface area contributed by atoms with Gasteiger partial charge in [-0.25, -0.2) is 9.78 Å². The Morgan fingerprint density at radius 2 is 2.15 bits per heavy atom. The third kappa shape index (κ3) is 5.70. The van der Waals surface area contributed by atoms with Gasteiger partial charge < -0.3 is 14.6 Å². The smallest absolute Gasteiger partial charge is 0.330 e. The standard InChI is InChI=1S/C21H31N3O2/c1-5-6-7-8-20-23-18-15-17(10-12-21(25)26-4)9-11-19(18)24(20)14-13-22-16(2)3/h9-12,15-16,22H,5-8,13-14H2,1-4H3/b12-10+. The van der Waals surface area contributed by atoms with Crippen LogP contribution in [-0.2, 0) is 22.5 Å². The van der Waals surface area contributed by atoms with Gasteiger partial charge >= 0.3 is 5.97 Å². The lowest BCUT2D eigenvalue weighted by Gasteiger charge is -2.12. The summed E-state index contributed by atoms with van der Waals surface area (Å²) in [7, 11) is 1.38. The van der Waals surface area contributed by atoms with Crippen LogP contribution in [0.25, 0.3) is 17.1 Å². The molecule has 2 aromatic rings. The number of ether oxygens (including phenoxy) is 1. The van der Waals surface area contributed by atoms with E-state index in [1.54, 1.807) is 6.08 Å². The molecule has 0 radical (unpaired) electrons. The molecule has 0 atom stereocenters. The number of benzene rings is 1. The van der Waals surface area contributed by atoms with Crippen molar-refractivity contribution in [2.24, 2.45) is 0 Å². The van der Waals surface area contributed by atoms with Crippen LogP contribution in [0.2, 0.25) is 0 Å². The molecule has 0 unspecified atom stereocenters. The van der Waals surface area contributed by atoms with Crippen molar-refractivity contribution in [2.75, 3.05) is 13.7 Å². The second-order valence-electron chi connectivity index (χ2n) is 6.85. The number of carbonyl (C=O) groups excluding carboxylic acids is 1. The van der Waals surface area contributed by atoms with E-state index in [1.807, 2.05) is 12.1 Å². The van der Waals surface area contributed by atoms with Crippen molar-refractivity contribution in [3.8, 4) is 0 Å². The molecule has 1 aromatic heterocycles. The van der Waals surface area contributed by atoms with E-state index in [0.29, 0.717) is 6.04 Å². The van der Waals surface area contributed by atoms with Gasteiger partial charge in [-0.2, -0.15) is 0 Å². The first-order valence-electron chi connectivity index (χ1n) is 9.53. The predicted molar refractivity (Wildman–Crippen MR) is 107 cm³/mol. The molecule has 0 spiro atoms. The van der Waals surface area contributed by atoms with E-state index in [1.165, 1.54) is 26.0 Å². The zero-order chi connectivity index (χ0) is 18.9. The van der Waals surface area contributed by atoms with E-state index < -0.39 is 0 Å². The summed E-state index contributed by atoms with van der Waals surface area (Å²) in [5, 5.41) is 3.48. The van der Waals surface area contributed by atoms with Crippen molar-refractivity contribution >= 4 is 23.1 Å². The fourth-order valence-electron chi connectivity index (χ4n) is 2.97. The first-order valence-corrected chi connectivity index (χ1v) is 9.53. The molecule has 0 saturated carbocycles. The van der Waals surface area contributed by atoms with Crippen molar-refractivity contribution in [2.45, 2.75) is 59.0 Å². The summed E-state index contributed by atoms with van der Waals surface area (Å²) in [6.45, 7) is 8.37. The first-order chi connectivity index (χ1) is 12.5. The van der Waals surface area contributed by atoms with Crippen LogP contribution in [0.3, 0.4) is 0 Å². The highest BCUT2D eigenvalue weighted by Crippen LogP contribution is 2.20. The molecule has 0 aliphatic carbocycles. The number of hydrogen-bond donors (Lipinski definition) is 1. The van der Waals surface area contributed by atoms with Gasteiger partial charge in [0.25, 0.3) is 0 Å². The summed E-state index contributed by atoms with van der Waals surface area (Å²) < 4.78 is 6.98. The molecule has 0 aliphatic heterocycles. The molecule has 5 nitrogen and oxygen atoms in total. The van der Waals surface area contributed by atoms with Gasteiger partial charge in [0.15, 0.2) is 0 Å². The minimum Gasteiger partial charge on any atom is -0.466 e. The average Bonchev–Trinajstić information content (AvgIpc) is 2.96. The Morgan fingerprint density at radius 3 is 2.85 bits per heavy atom. The number of aromatic nitrogens is 2. The Hall–Kier alpha value is -2.14. The maximum atomic E-state index is 11.3. The largest absolute Gasteiger partial charge is 0.466 e. The van der Waals surface area contributed by atoms with Crippen LogP contribution in [-0.4, -0.2) is 35.2 Å². The molecule has 26 heavy (non-hydrogen) atoms. The Bertz CT molecular complexity index is 747. The Kier molecular flexibility index (Phi) is 7.85. The summed E-state index contributed by atoms with van der Waals surface area (Å²) in [5.41, 5.74) is 3.08. The molecular weight excluding hydrogens is 326 g/mol. The number of nitrogens with zero attached hydrogens (tertiary/aromatic N) is 2. The van der Waals surface area contributed by atoms with Gasteiger partial charge in [0, 0.05) is 31.6 Å². The normalized spacial score (nSPS) is 11.7. The molecule has 0 aliphatic rings. The van der Waals surface area contributed by atoms with E-state index in [0.717, 1.165) is 48.4 Å². The van der Waals surface area contributed by atoms with Crippen LogP contribution >= 0.6 is 0 Å². The second kappa shape index (κ2) is 10.1. The lowest BCUT2D eigenvalue weighted by Crippen LogP contribution is -2.27. The summed E-state index contributed by atoms with van der Waals surface area (Å²) in [6.07, 6.45) is 7.79. The van der Waals surface area contributed by atoms with Crippen LogP contribution in [0, 0.1) is 0 Å². The van der Waals surface area contributed by atoms with Crippen molar-refractivity contribution in [1.82, 2.24) is 14.9 Å². The third-order valence-corrected chi connectivity index (χ3v) is 4.36.